The molecule has 0 unspecified atom stereocenters. The molecule has 0 fully saturated rings. The fourth-order valence-electron chi connectivity index (χ4n) is 2.42. The van der Waals surface area contributed by atoms with E-state index in [1.54, 1.807) is 36.0 Å². The van der Waals surface area contributed by atoms with E-state index >= 15 is 0 Å². The zero-order chi connectivity index (χ0) is 15.5. The lowest BCUT2D eigenvalue weighted by Crippen LogP contribution is -2.32. The number of nitrogens with two attached hydrogens (primary N) is 1. The molecule has 4 nitrogen and oxygen atoms in total. The van der Waals surface area contributed by atoms with E-state index in [1.807, 2.05) is 12.1 Å². The molecule has 1 heterocycles. The van der Waals surface area contributed by atoms with Crippen LogP contribution in [0.1, 0.15) is 21.5 Å². The minimum atomic E-state index is -0.448. The summed E-state index contributed by atoms with van der Waals surface area (Å²) in [5.41, 5.74) is 7.85. The Bertz CT molecular complexity index is 688. The highest BCUT2D eigenvalue weighted by molar-refractivity contribution is 8.01. The number of hydrogen-bond donors (Lipinski definition) is 2. The summed E-state index contributed by atoms with van der Waals surface area (Å²) in [6.45, 7) is 0.450. The van der Waals surface area contributed by atoms with E-state index in [4.69, 9.17) is 5.73 Å². The van der Waals surface area contributed by atoms with Gasteiger partial charge >= 0.3 is 0 Å². The van der Waals surface area contributed by atoms with Crippen molar-refractivity contribution >= 4 is 23.6 Å². The lowest BCUT2D eigenvalue weighted by Gasteiger charge is -2.10. The molecule has 0 bridgehead atoms. The second-order valence-electron chi connectivity index (χ2n) is 5.20. The molecular weight excluding hydrogens is 296 g/mol. The van der Waals surface area contributed by atoms with Gasteiger partial charge in [0.15, 0.2) is 0 Å². The molecule has 3 rings (SSSR count). The number of primary amides is 1. The molecule has 0 spiro atoms. The van der Waals surface area contributed by atoms with E-state index < -0.39 is 5.91 Å². The fourth-order valence-corrected chi connectivity index (χ4v) is 3.64. The van der Waals surface area contributed by atoms with Gasteiger partial charge in [0.1, 0.15) is 0 Å². The third-order valence-electron chi connectivity index (χ3n) is 3.64. The molecule has 0 radical (unpaired) electrons. The predicted molar refractivity (Wildman–Crippen MR) is 86.6 cm³/mol. The van der Waals surface area contributed by atoms with E-state index in [0.717, 1.165) is 12.0 Å². The SMILES string of the molecule is NC(=O)c1ccc(CNC(=O)[C@@H]2Cc3ccccc3S2)cc1. The van der Waals surface area contributed by atoms with Crippen LogP contribution >= 0.6 is 11.8 Å². The molecule has 5 heteroatoms. The van der Waals surface area contributed by atoms with Crippen molar-refractivity contribution in [3.05, 3.63) is 65.2 Å². The molecule has 0 aromatic heterocycles. The van der Waals surface area contributed by atoms with Crippen molar-refractivity contribution in [1.82, 2.24) is 5.32 Å². The molecule has 2 aromatic rings. The Morgan fingerprint density at radius 3 is 2.55 bits per heavy atom. The molecule has 1 aliphatic heterocycles. The number of hydrogen-bond acceptors (Lipinski definition) is 3. The van der Waals surface area contributed by atoms with Crippen molar-refractivity contribution in [3.63, 3.8) is 0 Å². The van der Waals surface area contributed by atoms with Crippen LogP contribution in [0.3, 0.4) is 0 Å². The molecule has 0 saturated carbocycles. The van der Waals surface area contributed by atoms with E-state index in [0.29, 0.717) is 12.1 Å². The summed E-state index contributed by atoms with van der Waals surface area (Å²) < 4.78 is 0. The molecule has 1 aliphatic rings. The number of carbonyl (C=O) groups is 2. The van der Waals surface area contributed by atoms with Gasteiger partial charge in [-0.2, -0.15) is 0 Å². The number of nitrogens with one attached hydrogen (secondary N) is 1. The minimum Gasteiger partial charge on any atom is -0.366 e. The van der Waals surface area contributed by atoms with Gasteiger partial charge in [0.05, 0.1) is 5.25 Å². The molecule has 2 aromatic carbocycles. The van der Waals surface area contributed by atoms with E-state index in [1.165, 1.54) is 10.5 Å². The van der Waals surface area contributed by atoms with Crippen LogP contribution < -0.4 is 11.1 Å². The summed E-state index contributed by atoms with van der Waals surface area (Å²) in [5, 5.41) is 2.88. The maximum atomic E-state index is 12.3. The average molecular weight is 312 g/mol. The van der Waals surface area contributed by atoms with Crippen molar-refractivity contribution in [2.45, 2.75) is 23.1 Å². The number of thioether (sulfide) groups is 1. The van der Waals surface area contributed by atoms with Gasteiger partial charge < -0.3 is 11.1 Å². The van der Waals surface area contributed by atoms with Crippen LogP contribution in [-0.2, 0) is 17.8 Å². The topological polar surface area (TPSA) is 72.2 Å². The fraction of sp³-hybridized carbons (Fsp3) is 0.176. The highest BCUT2D eigenvalue weighted by atomic mass is 32.2. The molecule has 0 saturated heterocycles. The van der Waals surface area contributed by atoms with Crippen LogP contribution in [0, 0.1) is 0 Å². The zero-order valence-corrected chi connectivity index (χ0v) is 12.7. The van der Waals surface area contributed by atoms with Crippen molar-refractivity contribution in [3.8, 4) is 0 Å². The summed E-state index contributed by atoms with van der Waals surface area (Å²) in [7, 11) is 0. The quantitative estimate of drug-likeness (QED) is 0.908. The third kappa shape index (κ3) is 3.14. The molecule has 2 amide bonds. The van der Waals surface area contributed by atoms with Gasteiger partial charge in [-0.05, 0) is 35.7 Å². The molecule has 3 N–H and O–H groups in total. The minimum absolute atomic E-state index is 0.0418. The third-order valence-corrected chi connectivity index (χ3v) is 4.96. The molecule has 0 aliphatic carbocycles. The number of rotatable bonds is 4. The van der Waals surface area contributed by atoms with E-state index in [9.17, 15) is 9.59 Å². The lowest BCUT2D eigenvalue weighted by molar-refractivity contribution is -0.120. The van der Waals surface area contributed by atoms with Crippen molar-refractivity contribution in [1.29, 1.82) is 0 Å². The Hall–Kier alpha value is -2.27. The maximum Gasteiger partial charge on any atom is 0.248 e. The zero-order valence-electron chi connectivity index (χ0n) is 11.9. The van der Waals surface area contributed by atoms with Gasteiger partial charge in [-0.15, -0.1) is 11.8 Å². The number of amides is 2. The first-order valence-corrected chi connectivity index (χ1v) is 7.92. The highest BCUT2D eigenvalue weighted by Gasteiger charge is 2.27. The number of carbonyl (C=O) groups excluding carboxylic acids is 2. The summed E-state index contributed by atoms with van der Waals surface area (Å²) >= 11 is 1.61. The normalized spacial score (nSPS) is 16.1. The second-order valence-corrected chi connectivity index (χ2v) is 6.44. The first kappa shape index (κ1) is 14.7. The molecular formula is C17H16N2O2S. The molecule has 1 atom stereocenters. The standard InChI is InChI=1S/C17H16N2O2S/c18-16(20)12-7-5-11(6-8-12)10-19-17(21)15-9-13-3-1-2-4-14(13)22-15/h1-8,15H,9-10H2,(H2,18,20)(H,19,21)/t15-/m0/s1. The highest BCUT2D eigenvalue weighted by Crippen LogP contribution is 2.36. The van der Waals surface area contributed by atoms with Crippen molar-refractivity contribution < 1.29 is 9.59 Å². The largest absolute Gasteiger partial charge is 0.366 e. The van der Waals surface area contributed by atoms with Crippen molar-refractivity contribution in [2.24, 2.45) is 5.73 Å². The Morgan fingerprint density at radius 1 is 1.14 bits per heavy atom. The average Bonchev–Trinajstić information content (AvgIpc) is 2.97. The summed E-state index contributed by atoms with van der Waals surface area (Å²) in [6, 6.07) is 15.1. The predicted octanol–water partition coefficient (Wildman–Crippen LogP) is 2.12. The number of fused-ring (bicyclic) bond motifs is 1. The summed E-state index contributed by atoms with van der Waals surface area (Å²) in [6.07, 6.45) is 0.771. The van der Waals surface area contributed by atoms with Crippen LogP contribution in [0.5, 0.6) is 0 Å². The monoisotopic (exact) mass is 312 g/mol. The lowest BCUT2D eigenvalue weighted by atomic mass is 10.1. The first-order valence-electron chi connectivity index (χ1n) is 7.04. The van der Waals surface area contributed by atoms with Gasteiger partial charge in [-0.1, -0.05) is 30.3 Å². The second kappa shape index (κ2) is 6.23. The Labute approximate surface area is 133 Å². The summed E-state index contributed by atoms with van der Waals surface area (Å²) in [4.78, 5) is 24.5. The molecule has 112 valence electrons. The van der Waals surface area contributed by atoms with Gasteiger partial charge in [-0.3, -0.25) is 9.59 Å². The van der Waals surface area contributed by atoms with E-state index in [-0.39, 0.29) is 11.2 Å². The van der Waals surface area contributed by atoms with Crippen LogP contribution in [0.15, 0.2) is 53.4 Å². The Balaban J connectivity index is 1.56. The van der Waals surface area contributed by atoms with Crippen LogP contribution in [-0.4, -0.2) is 17.1 Å². The van der Waals surface area contributed by atoms with Gasteiger partial charge in [0.2, 0.25) is 11.8 Å². The molecule has 22 heavy (non-hydrogen) atoms. The summed E-state index contributed by atoms with van der Waals surface area (Å²) in [5.74, 6) is -0.407. The van der Waals surface area contributed by atoms with E-state index in [2.05, 4.69) is 17.4 Å². The van der Waals surface area contributed by atoms with Crippen LogP contribution in [0.2, 0.25) is 0 Å². The number of benzene rings is 2. The first-order chi connectivity index (χ1) is 10.6. The Morgan fingerprint density at radius 2 is 1.86 bits per heavy atom. The van der Waals surface area contributed by atoms with Crippen LogP contribution in [0.4, 0.5) is 0 Å². The van der Waals surface area contributed by atoms with Gasteiger partial charge in [0, 0.05) is 17.0 Å². The van der Waals surface area contributed by atoms with Crippen molar-refractivity contribution in [2.75, 3.05) is 0 Å². The Kier molecular flexibility index (Phi) is 4.15. The maximum absolute atomic E-state index is 12.3. The van der Waals surface area contributed by atoms with Crippen LogP contribution in [0.25, 0.3) is 0 Å². The van der Waals surface area contributed by atoms with Gasteiger partial charge in [-0.25, -0.2) is 0 Å². The smallest absolute Gasteiger partial charge is 0.248 e. The van der Waals surface area contributed by atoms with Gasteiger partial charge in [0.25, 0.3) is 0 Å².